The number of hydrogen-bond donors (Lipinski definition) is 2. The van der Waals surface area contributed by atoms with E-state index in [0.29, 0.717) is 35.3 Å². The summed E-state index contributed by atoms with van der Waals surface area (Å²) in [4.78, 5) is 32.6. The molecule has 4 aromatic heterocycles. The van der Waals surface area contributed by atoms with Crippen LogP contribution in [0.25, 0.3) is 39.2 Å². The Morgan fingerprint density at radius 2 is 1.87 bits per heavy atom. The maximum atomic E-state index is 13.7. The highest BCUT2D eigenvalue weighted by Gasteiger charge is 2.47. The third-order valence-corrected chi connectivity index (χ3v) is 10.2. The Labute approximate surface area is 261 Å². The number of carbonyl (C=O) groups excluding carboxylic acids is 2. The molecule has 2 amide bonds. The second-order valence-electron chi connectivity index (χ2n) is 13.1. The Morgan fingerprint density at radius 3 is 2.53 bits per heavy atom. The van der Waals surface area contributed by atoms with Crippen molar-refractivity contribution in [2.45, 2.75) is 58.2 Å². The van der Waals surface area contributed by atoms with Gasteiger partial charge < -0.3 is 25.7 Å². The number of nitrogens with zero attached hydrogens (tertiary/aromatic N) is 5. The number of likely N-dealkylation sites (tertiary alicyclic amines) is 1. The Balaban J connectivity index is 1.23. The third-order valence-electron chi connectivity index (χ3n) is 10.2. The number of piperidine rings is 1. The smallest absolute Gasteiger partial charge is 0.255 e. The first-order valence-electron chi connectivity index (χ1n) is 15.8. The predicted molar refractivity (Wildman–Crippen MR) is 172 cm³/mol. The molecule has 3 fully saturated rings. The van der Waals surface area contributed by atoms with E-state index in [4.69, 9.17) is 26.3 Å². The van der Waals surface area contributed by atoms with Crippen molar-refractivity contribution in [1.29, 1.82) is 0 Å². The zero-order chi connectivity index (χ0) is 31.1. The molecule has 3 aliphatic rings. The fourth-order valence-electron chi connectivity index (χ4n) is 7.58. The van der Waals surface area contributed by atoms with Crippen LogP contribution in [0.1, 0.15) is 57.5 Å². The highest BCUT2D eigenvalue weighted by molar-refractivity contribution is 5.97. The number of primary amides is 1. The van der Waals surface area contributed by atoms with Crippen LogP contribution in [-0.2, 0) is 6.54 Å². The molecule has 0 radical (unpaired) electrons. The van der Waals surface area contributed by atoms with Gasteiger partial charge >= 0.3 is 0 Å². The van der Waals surface area contributed by atoms with E-state index in [1.165, 1.54) is 12.8 Å². The number of carbonyl (C=O) groups is 2. The monoisotopic (exact) mass is 603 g/mol. The molecule has 45 heavy (non-hydrogen) atoms. The minimum Gasteiger partial charge on any atom is -0.494 e. The lowest BCUT2D eigenvalue weighted by Crippen LogP contribution is -2.41. The fourth-order valence-corrected chi connectivity index (χ4v) is 7.58. The molecule has 5 heterocycles. The summed E-state index contributed by atoms with van der Waals surface area (Å²) in [6, 6.07) is 13.9. The van der Waals surface area contributed by atoms with Gasteiger partial charge in [-0.15, -0.1) is 0 Å². The first-order valence-corrected chi connectivity index (χ1v) is 15.8. The summed E-state index contributed by atoms with van der Waals surface area (Å²) in [6.07, 6.45) is 6.26. The van der Waals surface area contributed by atoms with Crippen molar-refractivity contribution in [3.63, 3.8) is 0 Å². The number of benzene rings is 1. The van der Waals surface area contributed by atoms with Gasteiger partial charge in [0, 0.05) is 53.4 Å². The van der Waals surface area contributed by atoms with Crippen LogP contribution < -0.4 is 16.2 Å². The van der Waals surface area contributed by atoms with Gasteiger partial charge in [-0.2, -0.15) is 5.10 Å². The van der Waals surface area contributed by atoms with Crippen LogP contribution in [0, 0.1) is 25.7 Å². The summed E-state index contributed by atoms with van der Waals surface area (Å²) >= 11 is 0. The molecule has 2 bridgehead atoms. The minimum absolute atomic E-state index is 0.0220. The maximum Gasteiger partial charge on any atom is 0.255 e. The molecule has 5 aromatic rings. The van der Waals surface area contributed by atoms with Gasteiger partial charge in [0.1, 0.15) is 22.6 Å². The van der Waals surface area contributed by atoms with E-state index in [0.717, 1.165) is 69.7 Å². The number of rotatable bonds is 7. The summed E-state index contributed by atoms with van der Waals surface area (Å²) in [7, 11) is 1.64. The molecule has 10 nitrogen and oxygen atoms in total. The van der Waals surface area contributed by atoms with Crippen LogP contribution in [0.3, 0.4) is 0 Å². The van der Waals surface area contributed by atoms with Gasteiger partial charge in [0.15, 0.2) is 0 Å². The molecule has 1 aliphatic heterocycles. The quantitative estimate of drug-likeness (QED) is 0.277. The molecule has 10 heteroatoms. The van der Waals surface area contributed by atoms with Crippen LogP contribution in [0.15, 0.2) is 48.7 Å². The van der Waals surface area contributed by atoms with E-state index in [2.05, 4.69) is 23.6 Å². The Morgan fingerprint density at radius 1 is 1.04 bits per heavy atom. The lowest BCUT2D eigenvalue weighted by molar-refractivity contribution is 0.0699. The van der Waals surface area contributed by atoms with Crippen molar-refractivity contribution < 1.29 is 14.3 Å². The van der Waals surface area contributed by atoms with E-state index < -0.39 is 5.91 Å². The van der Waals surface area contributed by atoms with Crippen molar-refractivity contribution in [3.8, 4) is 28.4 Å². The van der Waals surface area contributed by atoms with E-state index in [9.17, 15) is 9.59 Å². The number of fused-ring (bicyclic) bond motifs is 4. The van der Waals surface area contributed by atoms with Crippen molar-refractivity contribution >= 4 is 28.4 Å². The molecule has 0 spiro atoms. The van der Waals surface area contributed by atoms with Crippen molar-refractivity contribution in [1.82, 2.24) is 24.1 Å². The Bertz CT molecular complexity index is 2040. The van der Waals surface area contributed by atoms with Crippen molar-refractivity contribution in [2.75, 3.05) is 13.7 Å². The van der Waals surface area contributed by atoms with Gasteiger partial charge in [-0.1, -0.05) is 6.07 Å². The summed E-state index contributed by atoms with van der Waals surface area (Å²) in [6.45, 7) is 5.50. The summed E-state index contributed by atoms with van der Waals surface area (Å²) in [5.74, 6) is 1.13. The molecule has 1 aromatic carbocycles. The van der Waals surface area contributed by atoms with E-state index >= 15 is 0 Å². The van der Waals surface area contributed by atoms with Gasteiger partial charge in [-0.05, 0) is 93.3 Å². The second-order valence-corrected chi connectivity index (χ2v) is 13.1. The average Bonchev–Trinajstić information content (AvgIpc) is 3.44. The number of nitrogens with two attached hydrogens (primary N) is 2. The fraction of sp³-hybridized carbons (Fsp3) is 0.371. The molecule has 8 rings (SSSR count). The van der Waals surface area contributed by atoms with Crippen LogP contribution in [0.2, 0.25) is 0 Å². The van der Waals surface area contributed by atoms with E-state index in [1.54, 1.807) is 17.7 Å². The molecule has 2 saturated carbocycles. The highest BCUT2D eigenvalue weighted by atomic mass is 16.5. The number of aromatic nitrogens is 4. The molecule has 230 valence electrons. The normalized spacial score (nSPS) is 20.9. The zero-order valence-corrected chi connectivity index (χ0v) is 25.8. The third kappa shape index (κ3) is 4.41. The predicted octanol–water partition coefficient (Wildman–Crippen LogP) is 4.71. The van der Waals surface area contributed by atoms with Crippen LogP contribution in [0.5, 0.6) is 5.75 Å². The largest absolute Gasteiger partial charge is 0.494 e. The van der Waals surface area contributed by atoms with Crippen molar-refractivity contribution in [2.24, 2.45) is 23.3 Å². The molecular formula is C35H37N7O3. The van der Waals surface area contributed by atoms with Crippen LogP contribution in [0.4, 0.5) is 0 Å². The number of hydrogen-bond acceptors (Lipinski definition) is 6. The van der Waals surface area contributed by atoms with E-state index in [-0.39, 0.29) is 18.0 Å². The minimum atomic E-state index is -0.436. The van der Waals surface area contributed by atoms with Gasteiger partial charge in [0.05, 0.1) is 24.1 Å². The first kappa shape index (κ1) is 27.8. The number of pyridine rings is 2. The van der Waals surface area contributed by atoms with Gasteiger partial charge in [-0.3, -0.25) is 9.59 Å². The molecule has 2 unspecified atom stereocenters. The second kappa shape index (κ2) is 10.2. The highest BCUT2D eigenvalue weighted by Crippen LogP contribution is 2.40. The topological polar surface area (TPSA) is 134 Å². The standard InChI is InChI=1S/C35H37N7O3/c1-18-12-21(6-9-25(18)33(37)43)26-10-7-22-13-28(40(34(22)38-26)15-20-4-5-20)31-19(2)32-29(45-3)14-24(17-42(32)39-31)35(44)41-16-23-8-11-27(41)30(23)36/h6-7,9-10,12-14,17,20,23,27,30H,4-5,8,11,15-16,36H2,1-3H3,(H2,37,43)/t23?,27?,30-/m1/s1. The number of methoxy groups -OCH3 is 1. The number of amides is 2. The SMILES string of the molecule is COc1cc(C(=O)N2CC3CCC2[C@@H]3N)cn2nc(-c3cc4ccc(-c5ccc(C(N)=O)c(C)c5)nc4n3CC3CC3)c(C)c12. The van der Waals surface area contributed by atoms with Gasteiger partial charge in [0.2, 0.25) is 5.91 Å². The molecule has 2 aliphatic carbocycles. The van der Waals surface area contributed by atoms with Gasteiger partial charge in [-0.25, -0.2) is 9.50 Å². The number of ether oxygens (including phenoxy) is 1. The molecular weight excluding hydrogens is 566 g/mol. The molecule has 3 atom stereocenters. The van der Waals surface area contributed by atoms with Gasteiger partial charge in [0.25, 0.3) is 5.91 Å². The summed E-state index contributed by atoms with van der Waals surface area (Å²) < 4.78 is 9.94. The lowest BCUT2D eigenvalue weighted by atomic mass is 10.0. The maximum absolute atomic E-state index is 13.7. The Hall–Kier alpha value is -4.70. The summed E-state index contributed by atoms with van der Waals surface area (Å²) in [5.41, 5.74) is 20.1. The van der Waals surface area contributed by atoms with E-state index in [1.807, 2.05) is 42.3 Å². The van der Waals surface area contributed by atoms with Crippen molar-refractivity contribution in [3.05, 3.63) is 70.9 Å². The summed E-state index contributed by atoms with van der Waals surface area (Å²) in [5, 5.41) is 6.10. The molecule has 1 saturated heterocycles. The zero-order valence-electron chi connectivity index (χ0n) is 25.8. The average molecular weight is 604 g/mol. The molecule has 4 N–H and O–H groups in total. The van der Waals surface area contributed by atoms with Crippen LogP contribution >= 0.6 is 0 Å². The Kier molecular flexibility index (Phi) is 6.29. The lowest BCUT2D eigenvalue weighted by Gasteiger charge is -2.27. The first-order chi connectivity index (χ1) is 21.7. The van der Waals surface area contributed by atoms with Crippen LogP contribution in [-0.4, -0.2) is 61.6 Å². The number of aryl methyl sites for hydroxylation is 2.